The first-order valence-electron chi connectivity index (χ1n) is 6.98. The fraction of sp³-hybridized carbons (Fsp3) is 0.294. The summed E-state index contributed by atoms with van der Waals surface area (Å²) in [6.07, 6.45) is 0.754. The van der Waals surface area contributed by atoms with Crippen LogP contribution >= 0.6 is 0 Å². The average molecular weight is 300 g/mol. The average Bonchev–Trinajstić information content (AvgIpc) is 3.01. The van der Waals surface area contributed by atoms with E-state index in [0.29, 0.717) is 5.57 Å². The van der Waals surface area contributed by atoms with Crippen LogP contribution in [0.5, 0.6) is 0 Å². The summed E-state index contributed by atoms with van der Waals surface area (Å²) in [5, 5.41) is 9.86. The van der Waals surface area contributed by atoms with Crippen LogP contribution in [-0.2, 0) is 19.1 Å². The topological polar surface area (TPSA) is 72.8 Å². The van der Waals surface area contributed by atoms with Gasteiger partial charge in [0.25, 0.3) is 0 Å². The van der Waals surface area contributed by atoms with Crippen molar-refractivity contribution in [2.75, 3.05) is 6.61 Å². The molecule has 0 radical (unpaired) electrons. The van der Waals surface area contributed by atoms with Crippen molar-refractivity contribution in [1.29, 1.82) is 0 Å². The molecule has 2 aliphatic heterocycles. The molecular formula is C17H16O5. The van der Waals surface area contributed by atoms with Gasteiger partial charge in [-0.1, -0.05) is 30.3 Å². The van der Waals surface area contributed by atoms with Crippen molar-refractivity contribution in [3.05, 3.63) is 53.3 Å². The van der Waals surface area contributed by atoms with Crippen LogP contribution in [0.4, 0.5) is 0 Å². The Morgan fingerprint density at radius 3 is 2.59 bits per heavy atom. The van der Waals surface area contributed by atoms with Crippen molar-refractivity contribution in [2.24, 2.45) is 5.41 Å². The Morgan fingerprint density at radius 2 is 1.95 bits per heavy atom. The third-order valence-corrected chi connectivity index (χ3v) is 4.12. The normalized spacial score (nSPS) is 29.9. The van der Waals surface area contributed by atoms with Crippen LogP contribution < -0.4 is 0 Å². The molecule has 5 nitrogen and oxygen atoms in total. The fourth-order valence-corrected chi connectivity index (χ4v) is 3.12. The second-order valence-corrected chi connectivity index (χ2v) is 5.74. The van der Waals surface area contributed by atoms with E-state index in [1.807, 2.05) is 30.3 Å². The Kier molecular flexibility index (Phi) is 3.28. The van der Waals surface area contributed by atoms with Crippen molar-refractivity contribution in [3.63, 3.8) is 0 Å². The van der Waals surface area contributed by atoms with Crippen LogP contribution in [0.2, 0.25) is 0 Å². The highest BCUT2D eigenvalue weighted by Gasteiger charge is 2.53. The zero-order valence-electron chi connectivity index (χ0n) is 12.3. The maximum Gasteiger partial charge on any atom is 0.338 e. The lowest BCUT2D eigenvalue weighted by atomic mass is 9.75. The zero-order valence-corrected chi connectivity index (χ0v) is 12.3. The van der Waals surface area contributed by atoms with Gasteiger partial charge in [0, 0.05) is 11.6 Å². The summed E-state index contributed by atoms with van der Waals surface area (Å²) < 4.78 is 10.5. The van der Waals surface area contributed by atoms with E-state index in [0.717, 1.165) is 5.56 Å². The summed E-state index contributed by atoms with van der Waals surface area (Å²) in [6, 6.07) is 9.35. The second kappa shape index (κ2) is 5.02. The predicted octanol–water partition coefficient (Wildman–Crippen LogP) is 2.39. The molecule has 5 heteroatoms. The van der Waals surface area contributed by atoms with Gasteiger partial charge >= 0.3 is 11.9 Å². The highest BCUT2D eigenvalue weighted by molar-refractivity contribution is 6.00. The maximum absolute atomic E-state index is 11.9. The highest BCUT2D eigenvalue weighted by Crippen LogP contribution is 2.47. The number of aliphatic hydroxyl groups excluding tert-OH is 1. The van der Waals surface area contributed by atoms with Crippen molar-refractivity contribution < 1.29 is 24.2 Å². The lowest BCUT2D eigenvalue weighted by molar-refractivity contribution is -0.142. The molecule has 0 saturated carbocycles. The molecule has 2 aliphatic rings. The van der Waals surface area contributed by atoms with Crippen LogP contribution in [0.1, 0.15) is 19.4 Å². The minimum absolute atomic E-state index is 0.0567. The molecule has 1 fully saturated rings. The van der Waals surface area contributed by atoms with E-state index in [9.17, 15) is 14.7 Å². The molecule has 1 aromatic rings. The number of rotatable bonds is 2. The van der Waals surface area contributed by atoms with Crippen molar-refractivity contribution in [3.8, 4) is 0 Å². The predicted molar refractivity (Wildman–Crippen MR) is 78.7 cm³/mol. The van der Waals surface area contributed by atoms with Crippen molar-refractivity contribution in [2.45, 2.75) is 20.0 Å². The lowest BCUT2D eigenvalue weighted by Gasteiger charge is -2.30. The monoisotopic (exact) mass is 300 g/mol. The summed E-state index contributed by atoms with van der Waals surface area (Å²) >= 11 is 0. The molecular weight excluding hydrogens is 284 g/mol. The van der Waals surface area contributed by atoms with E-state index >= 15 is 0 Å². The SMILES string of the molecule is C/C(O)=C1/C(=O)OC[C@@]1(C)C1OC(=O)C=C1c1ccccc1. The number of cyclic esters (lactones) is 2. The molecule has 0 spiro atoms. The third kappa shape index (κ3) is 2.09. The van der Waals surface area contributed by atoms with Gasteiger partial charge in [0.05, 0.1) is 11.0 Å². The summed E-state index contributed by atoms with van der Waals surface area (Å²) in [6.45, 7) is 3.25. The maximum atomic E-state index is 11.9. The first-order valence-corrected chi connectivity index (χ1v) is 6.98. The number of hydrogen-bond acceptors (Lipinski definition) is 5. The Balaban J connectivity index is 2.08. The summed E-state index contributed by atoms with van der Waals surface area (Å²) in [5.41, 5.74) is 0.775. The molecule has 1 aromatic carbocycles. The molecule has 0 bridgehead atoms. The highest BCUT2D eigenvalue weighted by atomic mass is 16.6. The summed E-state index contributed by atoms with van der Waals surface area (Å²) in [5.74, 6) is -1.14. The van der Waals surface area contributed by atoms with E-state index in [2.05, 4.69) is 0 Å². The largest absolute Gasteiger partial charge is 0.512 e. The molecule has 0 aromatic heterocycles. The van der Waals surface area contributed by atoms with E-state index in [-0.39, 0.29) is 17.9 Å². The van der Waals surface area contributed by atoms with Crippen LogP contribution in [0, 0.1) is 5.41 Å². The van der Waals surface area contributed by atoms with Crippen LogP contribution in [0.25, 0.3) is 5.57 Å². The van der Waals surface area contributed by atoms with Gasteiger partial charge in [0.1, 0.15) is 18.5 Å². The van der Waals surface area contributed by atoms with Crippen molar-refractivity contribution in [1.82, 2.24) is 0 Å². The number of allylic oxidation sites excluding steroid dienone is 1. The number of carbonyl (C=O) groups excluding carboxylic acids is 2. The van der Waals surface area contributed by atoms with Gasteiger partial charge in [0.2, 0.25) is 0 Å². The number of esters is 2. The smallest absolute Gasteiger partial charge is 0.338 e. The Hall–Kier alpha value is -2.56. The zero-order chi connectivity index (χ0) is 15.9. The lowest BCUT2D eigenvalue weighted by Crippen LogP contribution is -2.37. The van der Waals surface area contributed by atoms with Gasteiger partial charge in [-0.05, 0) is 19.4 Å². The van der Waals surface area contributed by atoms with Gasteiger partial charge in [-0.2, -0.15) is 0 Å². The number of carbonyl (C=O) groups is 2. The van der Waals surface area contributed by atoms with Gasteiger partial charge < -0.3 is 14.6 Å². The quantitative estimate of drug-likeness (QED) is 0.516. The molecule has 3 rings (SSSR count). The minimum Gasteiger partial charge on any atom is -0.512 e. The first kappa shape index (κ1) is 14.4. The third-order valence-electron chi connectivity index (χ3n) is 4.12. The van der Waals surface area contributed by atoms with Gasteiger partial charge in [-0.25, -0.2) is 9.59 Å². The molecule has 2 heterocycles. The van der Waals surface area contributed by atoms with Crippen LogP contribution in [-0.4, -0.2) is 29.8 Å². The van der Waals surface area contributed by atoms with E-state index in [4.69, 9.17) is 9.47 Å². The van der Waals surface area contributed by atoms with E-state index in [1.54, 1.807) is 6.92 Å². The van der Waals surface area contributed by atoms with Gasteiger partial charge in [0.15, 0.2) is 0 Å². The van der Waals surface area contributed by atoms with Gasteiger partial charge in [-0.15, -0.1) is 0 Å². The molecule has 114 valence electrons. The molecule has 22 heavy (non-hydrogen) atoms. The molecule has 0 aliphatic carbocycles. The summed E-state index contributed by atoms with van der Waals surface area (Å²) in [4.78, 5) is 23.7. The van der Waals surface area contributed by atoms with E-state index in [1.165, 1.54) is 13.0 Å². The minimum atomic E-state index is -0.913. The molecule has 1 N–H and O–H groups in total. The Bertz CT molecular complexity index is 697. The number of ether oxygens (including phenoxy) is 2. The fourth-order valence-electron chi connectivity index (χ4n) is 3.12. The second-order valence-electron chi connectivity index (χ2n) is 5.74. The number of aliphatic hydroxyl groups is 1. The Morgan fingerprint density at radius 1 is 1.27 bits per heavy atom. The molecule has 0 amide bonds. The standard InChI is InChI=1S/C17H16O5/c1-10(18)14-16(20)21-9-17(14,2)15-12(8-13(19)22-15)11-6-4-3-5-7-11/h3-8,15,18H,9H2,1-2H3/b14-10+/t15?,17-/m1/s1. The Labute approximate surface area is 127 Å². The summed E-state index contributed by atoms with van der Waals surface area (Å²) in [7, 11) is 0. The number of hydrogen-bond donors (Lipinski definition) is 1. The van der Waals surface area contributed by atoms with Crippen molar-refractivity contribution >= 4 is 17.5 Å². The number of benzene rings is 1. The molecule has 1 unspecified atom stereocenters. The van der Waals surface area contributed by atoms with Crippen LogP contribution in [0.3, 0.4) is 0 Å². The van der Waals surface area contributed by atoms with E-state index < -0.39 is 23.5 Å². The molecule has 2 atom stereocenters. The molecule has 1 saturated heterocycles. The van der Waals surface area contributed by atoms with Crippen LogP contribution in [0.15, 0.2) is 47.7 Å². The first-order chi connectivity index (χ1) is 10.4. The van der Waals surface area contributed by atoms with Gasteiger partial charge in [-0.3, -0.25) is 0 Å².